The lowest BCUT2D eigenvalue weighted by Crippen LogP contribution is -2.39. The number of ether oxygens (including phenoxy) is 1. The maximum absolute atomic E-state index is 12.7. The van der Waals surface area contributed by atoms with Crippen molar-refractivity contribution in [2.24, 2.45) is 0 Å². The van der Waals surface area contributed by atoms with E-state index in [2.05, 4.69) is 9.97 Å². The first-order valence-corrected chi connectivity index (χ1v) is 8.46. The van der Waals surface area contributed by atoms with Gasteiger partial charge in [-0.2, -0.15) is 0 Å². The number of nitro benzene ring substituents is 1. The maximum atomic E-state index is 12.7. The van der Waals surface area contributed by atoms with E-state index in [9.17, 15) is 14.9 Å². The van der Waals surface area contributed by atoms with E-state index in [-0.39, 0.29) is 30.1 Å². The normalized spacial score (nSPS) is 15.6. The molecule has 0 saturated carbocycles. The first-order valence-electron chi connectivity index (χ1n) is 8.46. The lowest BCUT2D eigenvalue weighted by molar-refractivity contribution is -0.384. The summed E-state index contributed by atoms with van der Waals surface area (Å²) < 4.78 is 5.65. The minimum atomic E-state index is -0.488. The van der Waals surface area contributed by atoms with Crippen LogP contribution in [0.15, 0.2) is 48.8 Å². The van der Waals surface area contributed by atoms with Gasteiger partial charge in [0.25, 0.3) is 11.6 Å². The Morgan fingerprint density at radius 1 is 1.30 bits per heavy atom. The Hall–Kier alpha value is -3.55. The van der Waals surface area contributed by atoms with E-state index in [0.29, 0.717) is 10.9 Å². The highest BCUT2D eigenvalue weighted by molar-refractivity contribution is 5.97. The molecule has 0 unspecified atom stereocenters. The molecule has 0 spiro atoms. The average molecular weight is 364 g/mol. The number of aromatic nitrogens is 2. The Kier molecular flexibility index (Phi) is 4.15. The van der Waals surface area contributed by atoms with Gasteiger partial charge in [0.05, 0.1) is 15.8 Å². The second kappa shape index (κ2) is 6.64. The number of rotatable bonds is 4. The minimum Gasteiger partial charge on any atom is -0.467 e. The smallest absolute Gasteiger partial charge is 0.271 e. The number of amides is 1. The predicted molar refractivity (Wildman–Crippen MR) is 98.8 cm³/mol. The van der Waals surface area contributed by atoms with Gasteiger partial charge in [0.1, 0.15) is 6.33 Å². The summed E-state index contributed by atoms with van der Waals surface area (Å²) in [7, 11) is 0. The number of non-ortho nitro benzene ring substituents is 1. The van der Waals surface area contributed by atoms with Crippen molar-refractivity contribution in [2.45, 2.75) is 19.4 Å². The Morgan fingerprint density at radius 3 is 2.93 bits per heavy atom. The van der Waals surface area contributed by atoms with Gasteiger partial charge in [-0.3, -0.25) is 14.9 Å². The van der Waals surface area contributed by atoms with Crippen LogP contribution in [-0.4, -0.2) is 33.4 Å². The fraction of sp³-hybridized carbons (Fsp3) is 0.211. The summed E-state index contributed by atoms with van der Waals surface area (Å²) >= 11 is 0. The van der Waals surface area contributed by atoms with Gasteiger partial charge in [-0.15, -0.1) is 0 Å². The third kappa shape index (κ3) is 3.05. The Morgan fingerprint density at radius 2 is 2.11 bits per heavy atom. The molecule has 0 bridgehead atoms. The molecule has 4 rings (SSSR count). The van der Waals surface area contributed by atoms with E-state index >= 15 is 0 Å². The summed E-state index contributed by atoms with van der Waals surface area (Å²) in [5.74, 6) is 0.0597. The molecule has 1 amide bonds. The molecule has 27 heavy (non-hydrogen) atoms. The topological polar surface area (TPSA) is 98.5 Å². The van der Waals surface area contributed by atoms with Crippen LogP contribution in [0.5, 0.6) is 5.88 Å². The number of carbonyl (C=O) groups is 1. The van der Waals surface area contributed by atoms with Crippen LogP contribution in [0, 0.1) is 10.1 Å². The van der Waals surface area contributed by atoms with Crippen molar-refractivity contribution in [2.75, 3.05) is 11.5 Å². The van der Waals surface area contributed by atoms with E-state index in [0.717, 1.165) is 17.7 Å². The van der Waals surface area contributed by atoms with Crippen molar-refractivity contribution in [1.82, 2.24) is 9.97 Å². The molecule has 0 aliphatic carbocycles. The molecule has 8 heteroatoms. The number of fused-ring (bicyclic) bond motifs is 2. The van der Waals surface area contributed by atoms with Crippen molar-refractivity contribution in [3.63, 3.8) is 0 Å². The van der Waals surface area contributed by atoms with Crippen LogP contribution in [0.3, 0.4) is 0 Å². The van der Waals surface area contributed by atoms with Crippen LogP contribution < -0.4 is 9.64 Å². The highest BCUT2D eigenvalue weighted by Crippen LogP contribution is 2.32. The highest BCUT2D eigenvalue weighted by atomic mass is 16.6. The lowest BCUT2D eigenvalue weighted by Gasteiger charge is -2.22. The molecule has 136 valence electrons. The monoisotopic (exact) mass is 364 g/mol. The summed E-state index contributed by atoms with van der Waals surface area (Å²) in [6, 6.07) is 12.1. The summed E-state index contributed by atoms with van der Waals surface area (Å²) in [5, 5.41) is 11.4. The third-order valence-corrected chi connectivity index (χ3v) is 4.60. The molecule has 0 N–H and O–H groups in total. The summed E-state index contributed by atoms with van der Waals surface area (Å²) in [6.07, 6.45) is 2.07. The molecule has 1 atom stereocenters. The number of anilines is 1. The zero-order chi connectivity index (χ0) is 19.0. The SMILES string of the molecule is C[C@@H]1Cc2ccccc2N1C(=O)COc1ncnc2cc([N+](=O)[O-])ccc12. The first kappa shape index (κ1) is 16.9. The van der Waals surface area contributed by atoms with Crippen LogP contribution in [0.1, 0.15) is 12.5 Å². The van der Waals surface area contributed by atoms with Crippen LogP contribution in [0.4, 0.5) is 11.4 Å². The zero-order valence-electron chi connectivity index (χ0n) is 14.5. The van der Waals surface area contributed by atoms with Crippen molar-refractivity contribution in [3.05, 3.63) is 64.5 Å². The lowest BCUT2D eigenvalue weighted by atomic mass is 10.1. The number of nitrogens with zero attached hydrogens (tertiary/aromatic N) is 4. The molecule has 2 aromatic carbocycles. The number of carbonyl (C=O) groups excluding carboxylic acids is 1. The van der Waals surface area contributed by atoms with Crippen LogP contribution in [-0.2, 0) is 11.2 Å². The van der Waals surface area contributed by atoms with Gasteiger partial charge >= 0.3 is 0 Å². The van der Waals surface area contributed by atoms with E-state index in [1.54, 1.807) is 4.90 Å². The molecular formula is C19H16N4O4. The number of hydrogen-bond acceptors (Lipinski definition) is 6. The minimum absolute atomic E-state index is 0.0586. The van der Waals surface area contributed by atoms with E-state index in [4.69, 9.17) is 4.74 Å². The van der Waals surface area contributed by atoms with Crippen LogP contribution in [0.25, 0.3) is 10.9 Å². The van der Waals surface area contributed by atoms with Crippen molar-refractivity contribution in [1.29, 1.82) is 0 Å². The molecule has 1 aliphatic heterocycles. The maximum Gasteiger partial charge on any atom is 0.271 e. The second-order valence-electron chi connectivity index (χ2n) is 6.37. The van der Waals surface area contributed by atoms with Crippen LogP contribution in [0.2, 0.25) is 0 Å². The molecule has 1 aromatic heterocycles. The Bertz CT molecular complexity index is 1050. The van der Waals surface area contributed by atoms with Gasteiger partial charge in [0, 0.05) is 23.9 Å². The predicted octanol–water partition coefficient (Wildman–Crippen LogP) is 2.89. The Balaban J connectivity index is 1.55. The Labute approximate surface area is 154 Å². The standard InChI is InChI=1S/C19H16N4O4/c1-12-8-13-4-2-3-5-17(13)22(12)18(24)10-27-19-15-7-6-14(23(25)26)9-16(15)20-11-21-19/h2-7,9,11-12H,8,10H2,1H3/t12-/m1/s1. The summed E-state index contributed by atoms with van der Waals surface area (Å²) in [5.41, 5.74) is 2.37. The number of benzene rings is 2. The van der Waals surface area contributed by atoms with Gasteiger partial charge in [0.15, 0.2) is 6.61 Å². The van der Waals surface area contributed by atoms with E-state index in [1.807, 2.05) is 31.2 Å². The van der Waals surface area contributed by atoms with Crippen molar-refractivity contribution in [3.8, 4) is 5.88 Å². The summed E-state index contributed by atoms with van der Waals surface area (Å²) in [6.45, 7) is 1.82. The summed E-state index contributed by atoms with van der Waals surface area (Å²) in [4.78, 5) is 33.0. The van der Waals surface area contributed by atoms with Gasteiger partial charge in [-0.25, -0.2) is 9.97 Å². The molecule has 0 radical (unpaired) electrons. The quantitative estimate of drug-likeness (QED) is 0.521. The fourth-order valence-corrected chi connectivity index (χ4v) is 3.39. The molecule has 8 nitrogen and oxygen atoms in total. The van der Waals surface area contributed by atoms with E-state index < -0.39 is 4.92 Å². The number of hydrogen-bond donors (Lipinski definition) is 0. The largest absolute Gasteiger partial charge is 0.467 e. The fourth-order valence-electron chi connectivity index (χ4n) is 3.39. The number of nitro groups is 1. The molecule has 1 aliphatic rings. The van der Waals surface area contributed by atoms with Gasteiger partial charge in [0.2, 0.25) is 5.88 Å². The van der Waals surface area contributed by atoms with Crippen molar-refractivity contribution >= 4 is 28.2 Å². The van der Waals surface area contributed by atoms with Crippen molar-refractivity contribution < 1.29 is 14.5 Å². The zero-order valence-corrected chi connectivity index (χ0v) is 14.5. The number of para-hydroxylation sites is 1. The first-order chi connectivity index (χ1) is 13.0. The molecular weight excluding hydrogens is 348 g/mol. The van der Waals surface area contributed by atoms with Gasteiger partial charge < -0.3 is 9.64 Å². The molecule has 0 fully saturated rings. The average Bonchev–Trinajstić information content (AvgIpc) is 3.01. The molecule has 3 aromatic rings. The van der Waals surface area contributed by atoms with Crippen LogP contribution >= 0.6 is 0 Å². The third-order valence-electron chi connectivity index (χ3n) is 4.60. The van der Waals surface area contributed by atoms with Gasteiger partial charge in [-0.1, -0.05) is 18.2 Å². The molecule has 0 saturated heterocycles. The second-order valence-corrected chi connectivity index (χ2v) is 6.37. The van der Waals surface area contributed by atoms with Gasteiger partial charge in [-0.05, 0) is 31.0 Å². The highest BCUT2D eigenvalue weighted by Gasteiger charge is 2.30. The van der Waals surface area contributed by atoms with E-state index in [1.165, 1.54) is 24.5 Å². The molecule has 2 heterocycles.